The molecule has 0 aromatic heterocycles. The molecule has 0 fully saturated rings. The van der Waals surface area contributed by atoms with Gasteiger partial charge in [0.2, 0.25) is 0 Å². The summed E-state index contributed by atoms with van der Waals surface area (Å²) in [6.07, 6.45) is 44.4. The highest BCUT2D eigenvalue weighted by Gasteiger charge is 2.30. The first-order chi connectivity index (χ1) is 41.9. The van der Waals surface area contributed by atoms with Gasteiger partial charge in [0, 0.05) is 25.7 Å². The molecule has 0 amide bonds. The third-order valence-corrected chi connectivity index (χ3v) is 17.6. The van der Waals surface area contributed by atoms with Gasteiger partial charge in [-0.25, -0.2) is 9.13 Å². The van der Waals surface area contributed by atoms with E-state index in [1.165, 1.54) is 154 Å². The number of unbranched alkanes of at least 4 members (excludes halogenated alkanes) is 37. The molecule has 0 heterocycles. The number of phosphoric ester groups is 2. The number of rotatable bonds is 67. The van der Waals surface area contributed by atoms with Crippen LogP contribution in [0.4, 0.5) is 0 Å². The summed E-state index contributed by atoms with van der Waals surface area (Å²) in [5.41, 5.74) is 0. The number of phosphoric acid groups is 2. The Balaban J connectivity index is 5.24. The smallest absolute Gasteiger partial charge is 0.462 e. The summed E-state index contributed by atoms with van der Waals surface area (Å²) in [6, 6.07) is 0. The predicted molar refractivity (Wildman–Crippen MR) is 349 cm³/mol. The zero-order chi connectivity index (χ0) is 64.3. The Morgan fingerprint density at radius 1 is 0.310 bits per heavy atom. The average Bonchev–Trinajstić information content (AvgIpc) is 3.65. The maximum absolute atomic E-state index is 13.0. The summed E-state index contributed by atoms with van der Waals surface area (Å²) in [7, 11) is -9.89. The van der Waals surface area contributed by atoms with Gasteiger partial charge in [-0.1, -0.05) is 292 Å². The highest BCUT2D eigenvalue weighted by atomic mass is 31.2. The van der Waals surface area contributed by atoms with Crippen LogP contribution in [0.15, 0.2) is 0 Å². The second-order valence-electron chi connectivity index (χ2n) is 25.5. The van der Waals surface area contributed by atoms with Crippen molar-refractivity contribution < 1.29 is 80.2 Å². The van der Waals surface area contributed by atoms with E-state index in [2.05, 4.69) is 41.5 Å². The Bertz CT molecular complexity index is 1700. The van der Waals surface area contributed by atoms with Crippen LogP contribution < -0.4 is 0 Å². The Morgan fingerprint density at radius 3 is 0.782 bits per heavy atom. The van der Waals surface area contributed by atoms with E-state index in [-0.39, 0.29) is 25.7 Å². The van der Waals surface area contributed by atoms with Gasteiger partial charge in [0.15, 0.2) is 12.2 Å². The lowest BCUT2D eigenvalue weighted by Gasteiger charge is -2.21. The molecule has 0 aromatic rings. The first-order valence-electron chi connectivity index (χ1n) is 35.5. The summed E-state index contributed by atoms with van der Waals surface area (Å²) in [5, 5.41) is 10.6. The molecule has 0 aliphatic rings. The van der Waals surface area contributed by atoms with Gasteiger partial charge >= 0.3 is 39.5 Å². The summed E-state index contributed by atoms with van der Waals surface area (Å²) >= 11 is 0. The van der Waals surface area contributed by atoms with Crippen molar-refractivity contribution in [1.82, 2.24) is 0 Å². The minimum absolute atomic E-state index is 0.106. The molecule has 0 saturated carbocycles. The molecule has 0 spiro atoms. The molecule has 0 radical (unpaired) electrons. The Morgan fingerprint density at radius 2 is 0.529 bits per heavy atom. The van der Waals surface area contributed by atoms with E-state index >= 15 is 0 Å². The number of ether oxygens (including phenoxy) is 4. The average molecular weight is 1280 g/mol. The summed E-state index contributed by atoms with van der Waals surface area (Å²) in [4.78, 5) is 72.4. The fraction of sp³-hybridized carbons (Fsp3) is 0.941. The first-order valence-corrected chi connectivity index (χ1v) is 38.5. The molecule has 87 heavy (non-hydrogen) atoms. The topological polar surface area (TPSA) is 237 Å². The number of aliphatic hydroxyl groups is 1. The predicted octanol–water partition coefficient (Wildman–Crippen LogP) is 19.2. The summed E-state index contributed by atoms with van der Waals surface area (Å²) in [6.45, 7) is 9.44. The Hall–Kier alpha value is -1.94. The molecule has 19 heteroatoms. The van der Waals surface area contributed by atoms with Crippen molar-refractivity contribution in [3.63, 3.8) is 0 Å². The number of carbonyl (C=O) groups excluding carboxylic acids is 4. The molecule has 0 aliphatic carbocycles. The van der Waals surface area contributed by atoms with Crippen LogP contribution in [0.25, 0.3) is 0 Å². The van der Waals surface area contributed by atoms with E-state index in [9.17, 15) is 43.2 Å². The van der Waals surface area contributed by atoms with Crippen LogP contribution in [-0.2, 0) is 65.4 Å². The molecule has 5 atom stereocenters. The molecule has 17 nitrogen and oxygen atoms in total. The molecule has 0 bridgehead atoms. The Labute approximate surface area is 530 Å². The van der Waals surface area contributed by atoms with E-state index in [0.717, 1.165) is 102 Å². The van der Waals surface area contributed by atoms with Crippen molar-refractivity contribution in [3.8, 4) is 0 Å². The van der Waals surface area contributed by atoms with Crippen LogP contribution in [0.2, 0.25) is 0 Å². The lowest BCUT2D eigenvalue weighted by molar-refractivity contribution is -0.161. The van der Waals surface area contributed by atoms with Crippen LogP contribution in [0.1, 0.15) is 343 Å². The first kappa shape index (κ1) is 85.1. The highest BCUT2D eigenvalue weighted by molar-refractivity contribution is 7.47. The molecule has 516 valence electrons. The van der Waals surface area contributed by atoms with Gasteiger partial charge in [0.1, 0.15) is 19.3 Å². The highest BCUT2D eigenvalue weighted by Crippen LogP contribution is 2.45. The molecule has 0 aliphatic heterocycles. The van der Waals surface area contributed by atoms with Crippen molar-refractivity contribution in [1.29, 1.82) is 0 Å². The largest absolute Gasteiger partial charge is 0.472 e. The van der Waals surface area contributed by atoms with Crippen LogP contribution >= 0.6 is 15.6 Å². The van der Waals surface area contributed by atoms with Crippen molar-refractivity contribution in [2.75, 3.05) is 39.6 Å². The van der Waals surface area contributed by atoms with Gasteiger partial charge in [-0.3, -0.25) is 37.3 Å². The SMILES string of the molecule is CCCCCCCCCCCCCCCC(=O)OC[C@H](COP(=O)(O)OC[C@@H](O)COP(=O)(O)OC[C@@H](COC(=O)CCCCCCCCC(C)C)OC(=O)CCCCCCCCCCCCCC)OC(=O)CCCCCCCCCCCCC(C)C. The normalized spacial score (nSPS) is 14.2. The number of hydrogen-bond donors (Lipinski definition) is 3. The van der Waals surface area contributed by atoms with Crippen LogP contribution in [-0.4, -0.2) is 96.7 Å². The van der Waals surface area contributed by atoms with E-state index in [1.807, 2.05) is 0 Å². The maximum atomic E-state index is 13.0. The van der Waals surface area contributed by atoms with Crippen LogP contribution in [0, 0.1) is 11.8 Å². The van der Waals surface area contributed by atoms with Crippen molar-refractivity contribution in [2.24, 2.45) is 11.8 Å². The lowest BCUT2D eigenvalue weighted by Crippen LogP contribution is -2.30. The van der Waals surface area contributed by atoms with Crippen molar-refractivity contribution in [3.05, 3.63) is 0 Å². The zero-order valence-corrected chi connectivity index (χ0v) is 58.1. The van der Waals surface area contributed by atoms with E-state index in [1.54, 1.807) is 0 Å². The molecular formula is C68H132O17P2. The quantitative estimate of drug-likeness (QED) is 0.0222. The summed E-state index contributed by atoms with van der Waals surface area (Å²) in [5.74, 6) is -0.696. The monoisotopic (exact) mass is 1280 g/mol. The second kappa shape index (κ2) is 60.3. The van der Waals surface area contributed by atoms with Crippen LogP contribution in [0.5, 0.6) is 0 Å². The number of aliphatic hydroxyl groups excluding tert-OH is 1. The maximum Gasteiger partial charge on any atom is 0.472 e. The standard InChI is InChI=1S/C68H132O17P2/c1-7-9-11-13-15-17-19-21-23-27-31-38-44-50-65(70)78-56-63(84-68(73)53-47-41-33-29-25-24-26-30-36-42-48-60(3)4)58-82-86(74,75)80-54-62(69)55-81-87(76,77)83-59-64(57-79-66(71)51-45-39-35-34-37-43-49-61(5)6)85-67(72)52-46-40-32-28-22-20-18-16-14-12-10-8-2/h60-64,69H,7-59H2,1-6H3,(H,74,75)(H,76,77)/t62-,63-,64-/m1/s1. The second-order valence-corrected chi connectivity index (χ2v) is 28.4. The minimum Gasteiger partial charge on any atom is -0.462 e. The molecule has 3 N–H and O–H groups in total. The summed E-state index contributed by atoms with van der Waals surface area (Å²) < 4.78 is 68.2. The van der Waals surface area contributed by atoms with Crippen LogP contribution in [0.3, 0.4) is 0 Å². The molecule has 0 rings (SSSR count). The number of carbonyl (C=O) groups is 4. The third kappa shape index (κ3) is 62.6. The zero-order valence-electron chi connectivity index (χ0n) is 56.3. The molecule has 0 saturated heterocycles. The van der Waals surface area contributed by atoms with Gasteiger partial charge in [-0.05, 0) is 37.5 Å². The molecular weight excluding hydrogens is 1150 g/mol. The minimum atomic E-state index is -4.95. The van der Waals surface area contributed by atoms with Gasteiger partial charge < -0.3 is 33.8 Å². The fourth-order valence-electron chi connectivity index (χ4n) is 10.2. The van der Waals surface area contributed by atoms with E-state index in [4.69, 9.17) is 37.0 Å². The third-order valence-electron chi connectivity index (χ3n) is 15.7. The van der Waals surface area contributed by atoms with Gasteiger partial charge in [-0.15, -0.1) is 0 Å². The number of esters is 4. The van der Waals surface area contributed by atoms with Gasteiger partial charge in [0.05, 0.1) is 26.4 Å². The number of hydrogen-bond acceptors (Lipinski definition) is 15. The van der Waals surface area contributed by atoms with Gasteiger partial charge in [0.25, 0.3) is 0 Å². The van der Waals surface area contributed by atoms with Gasteiger partial charge in [-0.2, -0.15) is 0 Å². The fourth-order valence-corrected chi connectivity index (χ4v) is 11.8. The molecule has 0 aromatic carbocycles. The van der Waals surface area contributed by atoms with E-state index in [0.29, 0.717) is 31.6 Å². The van der Waals surface area contributed by atoms with E-state index < -0.39 is 97.5 Å². The molecule has 2 unspecified atom stereocenters. The Kier molecular flexibility index (Phi) is 59.0. The van der Waals surface area contributed by atoms with Crippen molar-refractivity contribution in [2.45, 2.75) is 362 Å². The lowest BCUT2D eigenvalue weighted by atomic mass is 10.0. The van der Waals surface area contributed by atoms with Crippen molar-refractivity contribution >= 4 is 39.5 Å².